The summed E-state index contributed by atoms with van der Waals surface area (Å²) in [6, 6.07) is 12.8. The number of hydrogen-bond acceptors (Lipinski definition) is 2. The Morgan fingerprint density at radius 2 is 1.69 bits per heavy atom. The Labute approximate surface area is 99.3 Å². The van der Waals surface area contributed by atoms with E-state index in [0.29, 0.717) is 17.1 Å². The Kier molecular flexibility index (Phi) is 3.02. The normalized spacial score (nSPS) is 10.3. The molecule has 0 spiro atoms. The van der Waals surface area contributed by atoms with Gasteiger partial charge in [0, 0.05) is 11.4 Å². The van der Waals surface area contributed by atoms with Gasteiger partial charge in [0.25, 0.3) is 0 Å². The summed E-state index contributed by atoms with van der Waals surface area (Å²) in [5.41, 5.74) is 8.09. The number of nitrogen functional groups attached to an aromatic ring is 1. The summed E-state index contributed by atoms with van der Waals surface area (Å²) in [4.78, 5) is 0. The fourth-order valence-electron chi connectivity index (χ4n) is 1.60. The molecule has 0 fully saturated rings. The highest BCUT2D eigenvalue weighted by Crippen LogP contribution is 2.27. The third-order valence-corrected chi connectivity index (χ3v) is 2.88. The summed E-state index contributed by atoms with van der Waals surface area (Å²) < 4.78 is 0. The molecule has 3 heteroatoms. The molecule has 0 amide bonds. The van der Waals surface area contributed by atoms with Crippen molar-refractivity contribution in [2.75, 3.05) is 5.73 Å². The number of halogens is 1. The number of rotatable bonds is 2. The highest BCUT2D eigenvalue weighted by Gasteiger charge is 2.06. The van der Waals surface area contributed by atoms with Crippen molar-refractivity contribution >= 4 is 17.3 Å². The van der Waals surface area contributed by atoms with Crippen LogP contribution in [0.1, 0.15) is 11.1 Å². The van der Waals surface area contributed by atoms with E-state index in [2.05, 4.69) is 0 Å². The van der Waals surface area contributed by atoms with Crippen LogP contribution in [-0.4, -0.2) is 5.11 Å². The summed E-state index contributed by atoms with van der Waals surface area (Å²) in [6.07, 6.45) is 0.625. The quantitative estimate of drug-likeness (QED) is 0.618. The van der Waals surface area contributed by atoms with E-state index in [0.717, 1.165) is 11.1 Å². The third kappa shape index (κ3) is 2.12. The van der Waals surface area contributed by atoms with Crippen molar-refractivity contribution in [2.24, 2.45) is 0 Å². The highest BCUT2D eigenvalue weighted by atomic mass is 35.5. The average Bonchev–Trinajstić information content (AvgIpc) is 2.28. The molecule has 2 aromatic carbocycles. The van der Waals surface area contributed by atoms with Crippen LogP contribution in [0.25, 0.3) is 0 Å². The number of hydrogen-bond donors (Lipinski definition) is 2. The number of para-hydroxylation sites is 1. The average molecular weight is 234 g/mol. The second kappa shape index (κ2) is 4.45. The first-order chi connectivity index (χ1) is 7.68. The minimum atomic E-state index is 0.115. The van der Waals surface area contributed by atoms with Gasteiger partial charge in [0.15, 0.2) is 0 Å². The van der Waals surface area contributed by atoms with Crippen molar-refractivity contribution < 1.29 is 5.11 Å². The predicted molar refractivity (Wildman–Crippen MR) is 66.8 cm³/mol. The van der Waals surface area contributed by atoms with E-state index < -0.39 is 0 Å². The van der Waals surface area contributed by atoms with E-state index in [1.54, 1.807) is 12.1 Å². The molecule has 0 saturated heterocycles. The van der Waals surface area contributed by atoms with Crippen LogP contribution in [0.5, 0.6) is 5.75 Å². The summed E-state index contributed by atoms with van der Waals surface area (Å²) in [5.74, 6) is 0.115. The smallest absolute Gasteiger partial charge is 0.138 e. The lowest BCUT2D eigenvalue weighted by atomic mass is 10.0. The third-order valence-electron chi connectivity index (χ3n) is 2.51. The second-order valence-corrected chi connectivity index (χ2v) is 4.03. The topological polar surface area (TPSA) is 46.2 Å². The Morgan fingerprint density at radius 3 is 2.44 bits per heavy atom. The number of phenols is 1. The standard InChI is InChI=1S/C13H12ClNO/c14-11-6-2-1-4-9(11)8-10-5-3-7-12(16)13(10)15/h1-7,16H,8,15H2. The summed E-state index contributed by atoms with van der Waals surface area (Å²) in [5, 5.41) is 10.2. The predicted octanol–water partition coefficient (Wildman–Crippen LogP) is 3.22. The molecular weight excluding hydrogens is 222 g/mol. The molecule has 0 aliphatic heterocycles. The number of phenolic OH excluding ortho intramolecular Hbond substituents is 1. The van der Waals surface area contributed by atoms with Gasteiger partial charge in [0.05, 0.1) is 5.69 Å². The molecule has 2 aromatic rings. The minimum Gasteiger partial charge on any atom is -0.506 e. The molecule has 0 atom stereocenters. The molecule has 0 radical (unpaired) electrons. The van der Waals surface area contributed by atoms with Crippen molar-refractivity contribution in [1.82, 2.24) is 0 Å². The van der Waals surface area contributed by atoms with Crippen molar-refractivity contribution in [1.29, 1.82) is 0 Å². The number of aromatic hydroxyl groups is 1. The Balaban J connectivity index is 2.35. The van der Waals surface area contributed by atoms with Gasteiger partial charge in [-0.3, -0.25) is 0 Å². The van der Waals surface area contributed by atoms with Crippen LogP contribution in [-0.2, 0) is 6.42 Å². The fraction of sp³-hybridized carbons (Fsp3) is 0.0769. The number of benzene rings is 2. The van der Waals surface area contributed by atoms with Gasteiger partial charge in [-0.25, -0.2) is 0 Å². The fourth-order valence-corrected chi connectivity index (χ4v) is 1.80. The first kappa shape index (κ1) is 10.8. The van der Waals surface area contributed by atoms with Crippen molar-refractivity contribution in [3.63, 3.8) is 0 Å². The zero-order valence-corrected chi connectivity index (χ0v) is 9.41. The SMILES string of the molecule is Nc1c(O)cccc1Cc1ccccc1Cl. The van der Waals surface area contributed by atoms with Crippen LogP contribution in [0.15, 0.2) is 42.5 Å². The second-order valence-electron chi connectivity index (χ2n) is 3.62. The van der Waals surface area contributed by atoms with Gasteiger partial charge in [-0.05, 0) is 23.3 Å². The molecule has 0 aromatic heterocycles. The summed E-state index contributed by atoms with van der Waals surface area (Å²) >= 11 is 6.06. The molecule has 0 unspecified atom stereocenters. The first-order valence-electron chi connectivity index (χ1n) is 4.98. The van der Waals surface area contributed by atoms with Gasteiger partial charge in [-0.1, -0.05) is 41.9 Å². The van der Waals surface area contributed by atoms with Crippen molar-refractivity contribution in [2.45, 2.75) is 6.42 Å². The van der Waals surface area contributed by atoms with Crippen molar-refractivity contribution in [3.05, 3.63) is 58.6 Å². The summed E-state index contributed by atoms with van der Waals surface area (Å²) in [6.45, 7) is 0. The van der Waals surface area contributed by atoms with Crippen LogP contribution in [0.3, 0.4) is 0 Å². The summed E-state index contributed by atoms with van der Waals surface area (Å²) in [7, 11) is 0. The lowest BCUT2D eigenvalue weighted by Gasteiger charge is -2.08. The van der Waals surface area contributed by atoms with Gasteiger partial charge >= 0.3 is 0 Å². The van der Waals surface area contributed by atoms with Crippen LogP contribution >= 0.6 is 11.6 Å². The molecular formula is C13H12ClNO. The molecule has 0 heterocycles. The molecule has 2 rings (SSSR count). The lowest BCUT2D eigenvalue weighted by Crippen LogP contribution is -1.96. The molecule has 82 valence electrons. The molecule has 0 bridgehead atoms. The Hall–Kier alpha value is -1.67. The van der Waals surface area contributed by atoms with Crippen LogP contribution in [0.4, 0.5) is 5.69 Å². The van der Waals surface area contributed by atoms with Crippen molar-refractivity contribution in [3.8, 4) is 5.75 Å². The largest absolute Gasteiger partial charge is 0.506 e. The highest BCUT2D eigenvalue weighted by molar-refractivity contribution is 6.31. The molecule has 2 nitrogen and oxygen atoms in total. The van der Waals surface area contributed by atoms with Gasteiger partial charge < -0.3 is 10.8 Å². The Morgan fingerprint density at radius 1 is 1.00 bits per heavy atom. The maximum atomic E-state index is 9.49. The van der Waals surface area contributed by atoms with E-state index >= 15 is 0 Å². The molecule has 0 aliphatic carbocycles. The number of anilines is 1. The van der Waals surface area contributed by atoms with Gasteiger partial charge in [0.1, 0.15) is 5.75 Å². The monoisotopic (exact) mass is 233 g/mol. The van der Waals surface area contributed by atoms with Crippen LogP contribution in [0.2, 0.25) is 5.02 Å². The van der Waals surface area contributed by atoms with Gasteiger partial charge in [-0.2, -0.15) is 0 Å². The van der Waals surface area contributed by atoms with Gasteiger partial charge in [0.2, 0.25) is 0 Å². The van der Waals surface area contributed by atoms with E-state index in [-0.39, 0.29) is 5.75 Å². The molecule has 0 saturated carbocycles. The van der Waals surface area contributed by atoms with E-state index in [1.165, 1.54) is 0 Å². The molecule has 16 heavy (non-hydrogen) atoms. The van der Waals surface area contributed by atoms with Gasteiger partial charge in [-0.15, -0.1) is 0 Å². The zero-order valence-electron chi connectivity index (χ0n) is 8.65. The van der Waals surface area contributed by atoms with E-state index in [4.69, 9.17) is 17.3 Å². The Bertz CT molecular complexity index is 511. The zero-order chi connectivity index (χ0) is 11.5. The van der Waals surface area contributed by atoms with E-state index in [9.17, 15) is 5.11 Å². The lowest BCUT2D eigenvalue weighted by molar-refractivity contribution is 0.477. The minimum absolute atomic E-state index is 0.115. The van der Waals surface area contributed by atoms with E-state index in [1.807, 2.05) is 30.3 Å². The van der Waals surface area contributed by atoms with Crippen LogP contribution in [0, 0.1) is 0 Å². The number of nitrogens with two attached hydrogens (primary N) is 1. The molecule has 3 N–H and O–H groups in total. The first-order valence-corrected chi connectivity index (χ1v) is 5.36. The maximum absolute atomic E-state index is 9.49. The molecule has 0 aliphatic rings. The maximum Gasteiger partial charge on any atom is 0.138 e. The van der Waals surface area contributed by atoms with Crippen LogP contribution < -0.4 is 5.73 Å².